The quantitative estimate of drug-likeness (QED) is 0.449. The summed E-state index contributed by atoms with van der Waals surface area (Å²) in [5, 5.41) is 14.9. The zero-order chi connectivity index (χ0) is 6.15. The Balaban J connectivity index is 3.19. The molecule has 4 nitrogen and oxygen atoms in total. The van der Waals surface area contributed by atoms with Gasteiger partial charge in [0.2, 0.25) is 0 Å². The molecule has 32 valence electrons. The molecule has 1 aromatic rings. The van der Waals surface area contributed by atoms with E-state index in [2.05, 4.69) is 10.3 Å². The Morgan fingerprint density at radius 3 is 3.33 bits per heavy atom. The van der Waals surface area contributed by atoms with Crippen molar-refractivity contribution in [2.45, 2.75) is 0 Å². The van der Waals surface area contributed by atoms with E-state index in [0.717, 1.165) is 0 Å². The van der Waals surface area contributed by atoms with Crippen LogP contribution in [0, 0.1) is 0 Å². The molecule has 0 spiro atoms. The average molecular weight is 87.1 g/mol. The lowest BCUT2D eigenvalue weighted by Gasteiger charge is -1.63. The van der Waals surface area contributed by atoms with E-state index in [1.165, 1.54) is 0 Å². The molecule has 0 aliphatic carbocycles. The second-order valence-corrected chi connectivity index (χ2v) is 0.725. The molecule has 0 unspecified atom stereocenters. The van der Waals surface area contributed by atoms with E-state index in [9.17, 15) is 0 Å². The second-order valence-electron chi connectivity index (χ2n) is 0.725. The highest BCUT2D eigenvalue weighted by Gasteiger charge is 1.80. The summed E-state index contributed by atoms with van der Waals surface area (Å²) in [6, 6.07) is 0. The first-order chi connectivity index (χ1) is 3.72. The highest BCUT2D eigenvalue weighted by molar-refractivity contribution is 4.92. The number of nitrogens with zero attached hydrogens (tertiary/aromatic N) is 2. The van der Waals surface area contributed by atoms with E-state index >= 15 is 0 Å². The molecule has 1 aromatic heterocycles. The van der Waals surface area contributed by atoms with Gasteiger partial charge in [0.05, 0.1) is 7.54 Å². The first kappa shape index (κ1) is 1.59. The van der Waals surface area contributed by atoms with Crippen LogP contribution >= 0.6 is 0 Å². The van der Waals surface area contributed by atoms with Crippen molar-refractivity contribution in [2.24, 2.45) is 0 Å². The third-order valence-electron chi connectivity index (χ3n) is 0.334. The molecule has 4 heteroatoms. The highest BCUT2D eigenvalue weighted by atomic mass is 16.3. The van der Waals surface area contributed by atoms with Gasteiger partial charge in [0.15, 0.2) is 1.41 Å². The molecule has 0 fully saturated rings. The molecule has 0 aliphatic rings. The van der Waals surface area contributed by atoms with Crippen LogP contribution < -0.4 is 0 Å². The van der Waals surface area contributed by atoms with Gasteiger partial charge in [0, 0.05) is 0 Å². The van der Waals surface area contributed by atoms with Crippen molar-refractivity contribution in [3.63, 3.8) is 0 Å². The first-order valence-corrected chi connectivity index (χ1v) is 1.32. The number of aromatic hydroxyl groups is 1. The van der Waals surface area contributed by atoms with E-state index in [0.29, 0.717) is 5.09 Å². The average Bonchev–Trinajstić information content (AvgIpc) is 1.98. The molecular weight excluding hydrogens is 82.0 g/mol. The third kappa shape index (κ3) is 0.314. The van der Waals surface area contributed by atoms with Crippen LogP contribution in [0.15, 0.2) is 6.17 Å². The van der Waals surface area contributed by atoms with E-state index in [-0.39, 0.29) is 0 Å². The van der Waals surface area contributed by atoms with Crippen molar-refractivity contribution in [1.82, 2.24) is 15.4 Å². The normalized spacial score (nSPS) is 13.3. The summed E-state index contributed by atoms with van der Waals surface area (Å²) in [6.07, 6.45) is -0.398. The smallest absolute Gasteiger partial charge is 0.250 e. The minimum atomic E-state index is -0.514. The molecule has 1 heterocycles. The number of H-pyrrole nitrogens is 1. The van der Waals surface area contributed by atoms with Crippen LogP contribution in [0.5, 0.6) is 5.88 Å². The SMILES string of the molecule is [2H]c1c(O)nnn1[2H]. The van der Waals surface area contributed by atoms with E-state index in [1.807, 2.05) is 0 Å². The van der Waals surface area contributed by atoms with Gasteiger partial charge in [0.25, 0.3) is 5.88 Å². The van der Waals surface area contributed by atoms with Gasteiger partial charge in [-0.1, -0.05) is 10.3 Å². The maximum Gasteiger partial charge on any atom is 0.250 e. The van der Waals surface area contributed by atoms with Crippen LogP contribution in [0.1, 0.15) is 1.37 Å². The Labute approximate surface area is 36.7 Å². The van der Waals surface area contributed by atoms with Crippen LogP contribution in [0.25, 0.3) is 0 Å². The number of aromatic amines is 1. The number of rotatable bonds is 0. The molecule has 0 saturated heterocycles. The Kier molecular flexibility index (Phi) is 0.256. The summed E-state index contributed by atoms with van der Waals surface area (Å²) < 4.78 is 13.4. The Morgan fingerprint density at radius 2 is 3.17 bits per heavy atom. The van der Waals surface area contributed by atoms with Crippen LogP contribution in [0.4, 0.5) is 0 Å². The van der Waals surface area contributed by atoms with E-state index in [4.69, 9.17) is 7.89 Å². The van der Waals surface area contributed by atoms with Gasteiger partial charge in [-0.25, -0.2) is 0 Å². The van der Waals surface area contributed by atoms with Crippen molar-refractivity contribution in [2.75, 3.05) is 0 Å². The van der Waals surface area contributed by atoms with Crippen molar-refractivity contribution >= 4 is 0 Å². The minimum absolute atomic E-state index is 0.398. The summed E-state index contributed by atoms with van der Waals surface area (Å²) in [4.78, 5) is 0. The maximum absolute atomic E-state index is 8.44. The lowest BCUT2D eigenvalue weighted by molar-refractivity contribution is 0.452. The van der Waals surface area contributed by atoms with E-state index < -0.39 is 12.1 Å². The number of hydrogen-bond donors (Lipinski definition) is 2. The minimum Gasteiger partial charge on any atom is -0.491 e. The fourth-order valence-electron chi connectivity index (χ4n) is 0.154. The molecule has 1 rings (SSSR count). The van der Waals surface area contributed by atoms with Crippen LogP contribution in [0.2, 0.25) is 1.41 Å². The van der Waals surface area contributed by atoms with Gasteiger partial charge in [0.1, 0.15) is 0 Å². The number of nitrogens with one attached hydrogen (secondary N) is 1. The van der Waals surface area contributed by atoms with Gasteiger partial charge in [-0.05, 0) is 0 Å². The van der Waals surface area contributed by atoms with Crippen molar-refractivity contribution in [3.05, 3.63) is 6.17 Å². The molecular formula is C2H3N3O. The maximum atomic E-state index is 8.44. The number of hydrogen-bond acceptors (Lipinski definition) is 3. The molecule has 6 heavy (non-hydrogen) atoms. The molecule has 0 atom stereocenters. The zero-order valence-corrected chi connectivity index (χ0v) is 2.79. The number of aromatic nitrogens is 3. The monoisotopic (exact) mass is 87.0 g/mol. The van der Waals surface area contributed by atoms with Crippen molar-refractivity contribution in [3.8, 4) is 5.88 Å². The van der Waals surface area contributed by atoms with Crippen LogP contribution in [-0.2, 0) is 0 Å². The summed E-state index contributed by atoms with van der Waals surface area (Å²) in [5.74, 6) is -0.514. The zero-order valence-electron chi connectivity index (χ0n) is 4.79. The summed E-state index contributed by atoms with van der Waals surface area (Å²) in [6.45, 7) is 0. The second kappa shape index (κ2) is 0.965. The molecule has 0 bridgehead atoms. The molecule has 2 N–H and O–H groups in total. The third-order valence-corrected chi connectivity index (χ3v) is 0.334. The topological polar surface area (TPSA) is 61.8 Å². The summed E-state index contributed by atoms with van der Waals surface area (Å²) >= 11 is 0. The Bertz CT molecular complexity index is 178. The largest absolute Gasteiger partial charge is 0.491 e. The molecule has 0 radical (unpaired) electrons. The van der Waals surface area contributed by atoms with Gasteiger partial charge in [-0.2, -0.15) is 0 Å². The lowest BCUT2D eigenvalue weighted by atomic mass is 10.9. The van der Waals surface area contributed by atoms with Gasteiger partial charge < -0.3 is 5.11 Å². The molecule has 0 aliphatic heterocycles. The Hall–Kier alpha value is -1.06. The van der Waals surface area contributed by atoms with E-state index in [1.54, 1.807) is 0 Å². The lowest BCUT2D eigenvalue weighted by Crippen LogP contribution is -1.63. The fourth-order valence-corrected chi connectivity index (χ4v) is 0.154. The van der Waals surface area contributed by atoms with Gasteiger partial charge >= 0.3 is 0 Å². The standard InChI is InChI=1S/C2H3N3O/c6-2-1-3-5-4-2/h1H,(H2,3,4,5,6)/i1D/hD. The molecule has 0 saturated carbocycles. The van der Waals surface area contributed by atoms with Crippen LogP contribution in [0.3, 0.4) is 0 Å². The Morgan fingerprint density at radius 1 is 2.33 bits per heavy atom. The highest BCUT2D eigenvalue weighted by Crippen LogP contribution is 1.90. The molecule has 0 aromatic carbocycles. The predicted octanol–water partition coefficient (Wildman–Crippen LogP) is -0.490. The molecule has 0 amide bonds. The van der Waals surface area contributed by atoms with Crippen molar-refractivity contribution < 1.29 is 7.89 Å². The predicted molar refractivity (Wildman–Crippen MR) is 18.0 cm³/mol. The summed E-state index contributed by atoms with van der Waals surface area (Å²) in [7, 11) is 0. The fraction of sp³-hybridized carbons (Fsp3) is 0. The first-order valence-electron chi connectivity index (χ1n) is 2.27. The van der Waals surface area contributed by atoms with Gasteiger partial charge in [-0.3, -0.25) is 5.09 Å². The van der Waals surface area contributed by atoms with Crippen LogP contribution in [-0.4, -0.2) is 20.5 Å². The van der Waals surface area contributed by atoms with Gasteiger partial charge in [-0.15, -0.1) is 0 Å². The summed E-state index contributed by atoms with van der Waals surface area (Å²) in [5.41, 5.74) is 0. The van der Waals surface area contributed by atoms with Crippen molar-refractivity contribution in [1.29, 1.82) is 0 Å².